The summed E-state index contributed by atoms with van der Waals surface area (Å²) in [5.74, 6) is 0.724. The Bertz CT molecular complexity index is 744. The Kier molecular flexibility index (Phi) is 4.82. The van der Waals surface area contributed by atoms with Gasteiger partial charge in [0.25, 0.3) is 5.91 Å². The van der Waals surface area contributed by atoms with Gasteiger partial charge >= 0.3 is 0 Å². The molecular formula is C16H17N5O3. The van der Waals surface area contributed by atoms with Crippen molar-refractivity contribution >= 4 is 5.91 Å². The van der Waals surface area contributed by atoms with Crippen LogP contribution in [0.2, 0.25) is 0 Å². The highest BCUT2D eigenvalue weighted by Gasteiger charge is 2.31. The Balaban J connectivity index is 1.79. The molecule has 0 bridgehead atoms. The predicted molar refractivity (Wildman–Crippen MR) is 81.7 cm³/mol. The molecule has 1 N–H and O–H groups in total. The molecule has 1 saturated heterocycles. The van der Waals surface area contributed by atoms with Gasteiger partial charge in [-0.15, -0.1) is 0 Å². The molecule has 0 saturated carbocycles. The molecular weight excluding hydrogens is 310 g/mol. The summed E-state index contributed by atoms with van der Waals surface area (Å²) in [5.41, 5.74) is 0.641. The number of rotatable bonds is 4. The Labute approximate surface area is 138 Å². The zero-order valence-corrected chi connectivity index (χ0v) is 13.2. The van der Waals surface area contributed by atoms with E-state index in [-0.39, 0.29) is 23.6 Å². The van der Waals surface area contributed by atoms with Gasteiger partial charge in [0, 0.05) is 19.4 Å². The first-order valence-corrected chi connectivity index (χ1v) is 7.72. The average molecular weight is 327 g/mol. The van der Waals surface area contributed by atoms with Crippen molar-refractivity contribution in [2.75, 3.05) is 13.2 Å². The van der Waals surface area contributed by atoms with E-state index in [0.29, 0.717) is 30.5 Å². The number of nitriles is 1. The van der Waals surface area contributed by atoms with Crippen LogP contribution in [0.25, 0.3) is 0 Å². The van der Waals surface area contributed by atoms with E-state index in [1.54, 1.807) is 13.0 Å². The molecule has 1 aliphatic heterocycles. The van der Waals surface area contributed by atoms with Gasteiger partial charge in [0.2, 0.25) is 5.89 Å². The number of aryl methyl sites for hydroxylation is 1. The standard InChI is InChI=1S/C16H17N5O3/c1-10-19-16(24-21-10)14(12-4-6-23-7-5-12)20-15(22)13-3-2-11(8-17)9-18-13/h2-3,9,12,14H,4-7H2,1H3,(H,20,22). The van der Waals surface area contributed by atoms with Crippen LogP contribution in [-0.4, -0.2) is 34.2 Å². The number of nitrogens with zero attached hydrogens (tertiary/aromatic N) is 4. The molecule has 0 aliphatic carbocycles. The summed E-state index contributed by atoms with van der Waals surface area (Å²) in [7, 11) is 0. The second-order valence-corrected chi connectivity index (χ2v) is 5.62. The number of hydrogen-bond acceptors (Lipinski definition) is 7. The minimum Gasteiger partial charge on any atom is -0.381 e. The molecule has 24 heavy (non-hydrogen) atoms. The van der Waals surface area contributed by atoms with Gasteiger partial charge in [0.1, 0.15) is 17.8 Å². The van der Waals surface area contributed by atoms with Gasteiger partial charge in [-0.3, -0.25) is 4.79 Å². The van der Waals surface area contributed by atoms with E-state index in [4.69, 9.17) is 14.5 Å². The van der Waals surface area contributed by atoms with Crippen LogP contribution in [0, 0.1) is 24.2 Å². The Morgan fingerprint density at radius 1 is 1.42 bits per heavy atom. The summed E-state index contributed by atoms with van der Waals surface area (Å²) in [6.45, 7) is 3.01. The van der Waals surface area contributed by atoms with Crippen LogP contribution in [0.4, 0.5) is 0 Å². The SMILES string of the molecule is Cc1noc(C(NC(=O)c2ccc(C#N)cn2)C2CCOCC2)n1. The van der Waals surface area contributed by atoms with Gasteiger partial charge in [-0.25, -0.2) is 4.98 Å². The molecule has 0 spiro atoms. The van der Waals surface area contributed by atoms with E-state index in [1.165, 1.54) is 12.3 Å². The van der Waals surface area contributed by atoms with Crippen molar-refractivity contribution in [1.29, 1.82) is 5.26 Å². The molecule has 1 aliphatic rings. The average Bonchev–Trinajstić information content (AvgIpc) is 3.06. The first kappa shape index (κ1) is 16.1. The molecule has 1 amide bonds. The molecule has 1 unspecified atom stereocenters. The molecule has 124 valence electrons. The van der Waals surface area contributed by atoms with Crippen molar-refractivity contribution in [3.63, 3.8) is 0 Å². The van der Waals surface area contributed by atoms with E-state index in [1.807, 2.05) is 6.07 Å². The van der Waals surface area contributed by atoms with Gasteiger partial charge < -0.3 is 14.6 Å². The van der Waals surface area contributed by atoms with Crippen LogP contribution < -0.4 is 5.32 Å². The maximum absolute atomic E-state index is 12.5. The molecule has 1 atom stereocenters. The van der Waals surface area contributed by atoms with Crippen LogP contribution >= 0.6 is 0 Å². The van der Waals surface area contributed by atoms with E-state index in [2.05, 4.69) is 20.4 Å². The molecule has 8 heteroatoms. The molecule has 2 aromatic heterocycles. The number of nitrogens with one attached hydrogen (secondary N) is 1. The summed E-state index contributed by atoms with van der Waals surface area (Å²) in [5, 5.41) is 15.6. The van der Waals surface area contributed by atoms with E-state index in [0.717, 1.165) is 12.8 Å². The third kappa shape index (κ3) is 3.58. The number of carbonyl (C=O) groups is 1. The second kappa shape index (κ2) is 7.19. The molecule has 0 radical (unpaired) electrons. The number of amides is 1. The third-order valence-electron chi connectivity index (χ3n) is 3.96. The van der Waals surface area contributed by atoms with Crippen molar-refractivity contribution in [2.45, 2.75) is 25.8 Å². The number of ether oxygens (including phenoxy) is 1. The van der Waals surface area contributed by atoms with Crippen LogP contribution in [0.3, 0.4) is 0 Å². The van der Waals surface area contributed by atoms with E-state index < -0.39 is 0 Å². The maximum atomic E-state index is 12.5. The highest BCUT2D eigenvalue weighted by atomic mass is 16.5. The maximum Gasteiger partial charge on any atom is 0.270 e. The quantitative estimate of drug-likeness (QED) is 0.906. The Morgan fingerprint density at radius 2 is 2.21 bits per heavy atom. The summed E-state index contributed by atoms with van der Waals surface area (Å²) >= 11 is 0. The summed E-state index contributed by atoms with van der Waals surface area (Å²) in [6, 6.07) is 4.66. The smallest absolute Gasteiger partial charge is 0.270 e. The van der Waals surface area contributed by atoms with Crippen LogP contribution in [0.5, 0.6) is 0 Å². The highest BCUT2D eigenvalue weighted by molar-refractivity contribution is 5.92. The highest BCUT2D eigenvalue weighted by Crippen LogP contribution is 2.29. The Morgan fingerprint density at radius 3 is 2.79 bits per heavy atom. The fraction of sp³-hybridized carbons (Fsp3) is 0.438. The fourth-order valence-electron chi connectivity index (χ4n) is 2.68. The zero-order chi connectivity index (χ0) is 16.9. The minimum atomic E-state index is -0.389. The lowest BCUT2D eigenvalue weighted by Gasteiger charge is -2.28. The summed E-state index contributed by atoms with van der Waals surface area (Å²) in [4.78, 5) is 20.8. The molecule has 8 nitrogen and oxygen atoms in total. The molecule has 3 rings (SSSR count). The summed E-state index contributed by atoms with van der Waals surface area (Å²) in [6.07, 6.45) is 2.97. The van der Waals surface area contributed by atoms with Crippen molar-refractivity contribution in [1.82, 2.24) is 20.4 Å². The Hall–Kier alpha value is -2.79. The monoisotopic (exact) mass is 327 g/mol. The normalized spacial score (nSPS) is 16.3. The van der Waals surface area contributed by atoms with E-state index in [9.17, 15) is 4.79 Å². The van der Waals surface area contributed by atoms with Crippen molar-refractivity contribution in [2.24, 2.45) is 5.92 Å². The number of pyridine rings is 1. The lowest BCUT2D eigenvalue weighted by molar-refractivity contribution is 0.0467. The van der Waals surface area contributed by atoms with E-state index >= 15 is 0 Å². The largest absolute Gasteiger partial charge is 0.381 e. The number of carbonyl (C=O) groups excluding carboxylic acids is 1. The number of aromatic nitrogens is 3. The molecule has 0 aromatic carbocycles. The van der Waals surface area contributed by atoms with Gasteiger partial charge in [-0.05, 0) is 37.8 Å². The zero-order valence-electron chi connectivity index (χ0n) is 13.2. The van der Waals surface area contributed by atoms with Crippen LogP contribution in [0.1, 0.15) is 46.7 Å². The van der Waals surface area contributed by atoms with Crippen molar-refractivity contribution in [3.05, 3.63) is 41.3 Å². The fourth-order valence-corrected chi connectivity index (χ4v) is 2.68. The van der Waals surface area contributed by atoms with Gasteiger partial charge in [-0.1, -0.05) is 5.16 Å². The van der Waals surface area contributed by atoms with Gasteiger partial charge in [0.15, 0.2) is 5.82 Å². The topological polar surface area (TPSA) is 114 Å². The minimum absolute atomic E-state index is 0.154. The predicted octanol–water partition coefficient (Wildman–Crippen LogP) is 1.54. The second-order valence-electron chi connectivity index (χ2n) is 5.62. The third-order valence-corrected chi connectivity index (χ3v) is 3.96. The first-order chi connectivity index (χ1) is 11.7. The van der Waals surface area contributed by atoms with Crippen LogP contribution in [0.15, 0.2) is 22.9 Å². The molecule has 2 aromatic rings. The number of hydrogen-bond donors (Lipinski definition) is 1. The van der Waals surface area contributed by atoms with Crippen LogP contribution in [-0.2, 0) is 4.74 Å². The molecule has 1 fully saturated rings. The first-order valence-electron chi connectivity index (χ1n) is 7.72. The lowest BCUT2D eigenvalue weighted by Crippen LogP contribution is -2.36. The summed E-state index contributed by atoms with van der Waals surface area (Å²) < 4.78 is 10.7. The van der Waals surface area contributed by atoms with Crippen molar-refractivity contribution < 1.29 is 14.1 Å². The lowest BCUT2D eigenvalue weighted by atomic mass is 9.91. The molecule has 3 heterocycles. The van der Waals surface area contributed by atoms with Crippen molar-refractivity contribution in [3.8, 4) is 6.07 Å². The van der Waals surface area contributed by atoms with Gasteiger partial charge in [-0.2, -0.15) is 10.2 Å². The van der Waals surface area contributed by atoms with Gasteiger partial charge in [0.05, 0.1) is 5.56 Å².